The lowest BCUT2D eigenvalue weighted by Gasteiger charge is -2.22. The molecule has 0 aliphatic carbocycles. The van der Waals surface area contributed by atoms with Crippen LogP contribution in [0.3, 0.4) is 0 Å². The van der Waals surface area contributed by atoms with Gasteiger partial charge in [-0.2, -0.15) is 0 Å². The number of aromatic nitrogens is 2. The number of benzene rings is 1. The molecule has 1 aromatic heterocycles. The van der Waals surface area contributed by atoms with Gasteiger partial charge in [0.25, 0.3) is 0 Å². The highest BCUT2D eigenvalue weighted by atomic mass is 35.5. The number of likely N-dealkylation sites (N-methyl/N-ethyl adjacent to an activating group) is 1. The van der Waals surface area contributed by atoms with Crippen molar-refractivity contribution in [3.63, 3.8) is 0 Å². The minimum Gasteiger partial charge on any atom is -0.340 e. The van der Waals surface area contributed by atoms with E-state index in [1.165, 1.54) is 23.4 Å². The predicted molar refractivity (Wildman–Crippen MR) is 79.5 cm³/mol. The first-order valence-corrected chi connectivity index (χ1v) is 7.15. The van der Waals surface area contributed by atoms with Gasteiger partial charge < -0.3 is 4.90 Å². The molecule has 1 aromatic carbocycles. The van der Waals surface area contributed by atoms with Gasteiger partial charge in [0.05, 0.1) is 5.69 Å². The van der Waals surface area contributed by atoms with Crippen molar-refractivity contribution in [3.8, 4) is 0 Å². The minimum absolute atomic E-state index is 0.103. The third kappa shape index (κ3) is 2.67. The third-order valence-electron chi connectivity index (χ3n) is 3.69. The van der Waals surface area contributed by atoms with Gasteiger partial charge in [-0.3, -0.25) is 10.1 Å². The molecule has 0 saturated carbocycles. The molecule has 0 saturated heterocycles. The van der Waals surface area contributed by atoms with Crippen LogP contribution in [0.15, 0.2) is 30.7 Å². The van der Waals surface area contributed by atoms with Gasteiger partial charge in [-0.05, 0) is 12.1 Å². The monoisotopic (exact) mass is 320 g/mol. The smallest absolute Gasteiger partial charge is 0.244 e. The van der Waals surface area contributed by atoms with E-state index in [1.54, 1.807) is 19.3 Å². The fraction of sp³-hybridized carbons (Fsp3) is 0.267. The van der Waals surface area contributed by atoms with E-state index < -0.39 is 11.9 Å². The van der Waals surface area contributed by atoms with Crippen LogP contribution in [0.1, 0.15) is 22.9 Å². The Labute approximate surface area is 132 Å². The Morgan fingerprint density at radius 3 is 3.14 bits per heavy atom. The number of amides is 1. The molecule has 114 valence electrons. The lowest BCUT2D eigenvalue weighted by molar-refractivity contribution is -0.132. The molecule has 1 aliphatic heterocycles. The van der Waals surface area contributed by atoms with E-state index in [9.17, 15) is 9.18 Å². The van der Waals surface area contributed by atoms with Gasteiger partial charge >= 0.3 is 0 Å². The van der Waals surface area contributed by atoms with Crippen molar-refractivity contribution < 1.29 is 9.18 Å². The second-order valence-electron chi connectivity index (χ2n) is 5.13. The lowest BCUT2D eigenvalue weighted by atomic mass is 10.1. The largest absolute Gasteiger partial charge is 0.340 e. The summed E-state index contributed by atoms with van der Waals surface area (Å²) >= 11 is 6.01. The topological polar surface area (TPSA) is 58.1 Å². The zero-order valence-electron chi connectivity index (χ0n) is 11.9. The lowest BCUT2D eigenvalue weighted by Crippen LogP contribution is -2.35. The first kappa shape index (κ1) is 14.9. The molecule has 22 heavy (non-hydrogen) atoms. The highest BCUT2D eigenvalue weighted by molar-refractivity contribution is 6.31. The maximum absolute atomic E-state index is 13.8. The van der Waals surface area contributed by atoms with Crippen molar-refractivity contribution in [1.82, 2.24) is 20.2 Å². The third-order valence-corrected chi connectivity index (χ3v) is 4.05. The van der Waals surface area contributed by atoms with Crippen molar-refractivity contribution in [1.29, 1.82) is 0 Å². The van der Waals surface area contributed by atoms with Crippen LogP contribution in [-0.4, -0.2) is 27.8 Å². The standard InChI is InChI=1S/C15H14ClFN4O/c1-21(7-10-11(16)3-2-4-12(10)17)15(22)14-9-5-18-8-20-13(9)6-19-14/h2-5,8,14,19H,6-7H2,1H3. The highest BCUT2D eigenvalue weighted by Crippen LogP contribution is 2.26. The van der Waals surface area contributed by atoms with Crippen LogP contribution >= 0.6 is 11.6 Å². The first-order chi connectivity index (χ1) is 10.6. The molecule has 1 atom stereocenters. The van der Waals surface area contributed by atoms with E-state index >= 15 is 0 Å². The SMILES string of the molecule is CN(Cc1c(F)cccc1Cl)C(=O)C1NCc2ncncc21. The molecule has 2 heterocycles. The average Bonchev–Trinajstić information content (AvgIpc) is 2.94. The van der Waals surface area contributed by atoms with Crippen LogP contribution in [0.2, 0.25) is 5.02 Å². The van der Waals surface area contributed by atoms with Crippen LogP contribution in [0.25, 0.3) is 0 Å². The van der Waals surface area contributed by atoms with Crippen LogP contribution in [0.4, 0.5) is 4.39 Å². The summed E-state index contributed by atoms with van der Waals surface area (Å²) in [5, 5.41) is 3.41. The summed E-state index contributed by atoms with van der Waals surface area (Å²) in [7, 11) is 1.62. The van der Waals surface area contributed by atoms with Crippen molar-refractivity contribution in [2.75, 3.05) is 7.05 Å². The molecule has 0 spiro atoms. The molecule has 3 rings (SSSR count). The summed E-state index contributed by atoms with van der Waals surface area (Å²) in [6.45, 7) is 0.619. The molecule has 1 amide bonds. The second kappa shape index (κ2) is 5.98. The number of nitrogens with zero attached hydrogens (tertiary/aromatic N) is 3. The molecule has 5 nitrogen and oxygen atoms in total. The van der Waals surface area contributed by atoms with Gasteiger partial charge in [0, 0.05) is 42.5 Å². The van der Waals surface area contributed by atoms with Gasteiger partial charge in [0.2, 0.25) is 5.91 Å². The number of carbonyl (C=O) groups is 1. The molecule has 1 unspecified atom stereocenters. The van der Waals surface area contributed by atoms with Crippen LogP contribution in [-0.2, 0) is 17.9 Å². The van der Waals surface area contributed by atoms with Crippen molar-refractivity contribution in [2.45, 2.75) is 19.1 Å². The summed E-state index contributed by atoms with van der Waals surface area (Å²) in [4.78, 5) is 22.1. The van der Waals surface area contributed by atoms with Crippen LogP contribution in [0.5, 0.6) is 0 Å². The maximum atomic E-state index is 13.8. The van der Waals surface area contributed by atoms with Gasteiger partial charge in [-0.15, -0.1) is 0 Å². The Bertz CT molecular complexity index is 704. The van der Waals surface area contributed by atoms with E-state index in [2.05, 4.69) is 15.3 Å². The van der Waals surface area contributed by atoms with Crippen molar-refractivity contribution >= 4 is 17.5 Å². The Morgan fingerprint density at radius 2 is 2.36 bits per heavy atom. The molecular weight excluding hydrogens is 307 g/mol. The number of nitrogens with one attached hydrogen (secondary N) is 1. The van der Waals surface area contributed by atoms with Crippen LogP contribution < -0.4 is 5.32 Å². The molecule has 1 aliphatic rings. The predicted octanol–water partition coefficient (Wildman–Crippen LogP) is 2.07. The molecule has 1 N–H and O–H groups in total. The average molecular weight is 321 g/mol. The quantitative estimate of drug-likeness (QED) is 0.940. The number of fused-ring (bicyclic) bond motifs is 1. The molecule has 7 heteroatoms. The van der Waals surface area contributed by atoms with Crippen molar-refractivity contribution in [2.24, 2.45) is 0 Å². The van der Waals surface area contributed by atoms with Gasteiger partial charge in [-0.25, -0.2) is 14.4 Å². The zero-order chi connectivity index (χ0) is 15.7. The van der Waals surface area contributed by atoms with Crippen molar-refractivity contribution in [3.05, 3.63) is 58.4 Å². The summed E-state index contributed by atoms with van der Waals surface area (Å²) in [5.74, 6) is -0.594. The fourth-order valence-corrected chi connectivity index (χ4v) is 2.73. The van der Waals surface area contributed by atoms with Gasteiger partial charge in [0.1, 0.15) is 18.2 Å². The highest BCUT2D eigenvalue weighted by Gasteiger charge is 2.31. The second-order valence-corrected chi connectivity index (χ2v) is 5.54. The molecule has 0 fully saturated rings. The maximum Gasteiger partial charge on any atom is 0.244 e. The molecule has 0 bridgehead atoms. The first-order valence-electron chi connectivity index (χ1n) is 6.78. The fourth-order valence-electron chi connectivity index (χ4n) is 2.50. The van der Waals surface area contributed by atoms with Crippen LogP contribution in [0, 0.1) is 5.82 Å². The molecular formula is C15H14ClFN4O. The number of hydrogen-bond donors (Lipinski definition) is 1. The summed E-state index contributed by atoms with van der Waals surface area (Å²) in [5.41, 5.74) is 1.88. The molecule has 0 radical (unpaired) electrons. The Morgan fingerprint density at radius 1 is 1.55 bits per heavy atom. The van der Waals surface area contributed by atoms with Gasteiger partial charge in [0.15, 0.2) is 0 Å². The summed E-state index contributed by atoms with van der Waals surface area (Å²) in [6, 6.07) is 3.97. The Hall–Kier alpha value is -2.05. The van der Waals surface area contributed by atoms with E-state index in [4.69, 9.17) is 11.6 Å². The van der Waals surface area contributed by atoms with Gasteiger partial charge in [-0.1, -0.05) is 17.7 Å². The Balaban J connectivity index is 1.79. The van der Waals surface area contributed by atoms with E-state index in [0.29, 0.717) is 17.1 Å². The normalized spacial score (nSPS) is 16.4. The number of hydrogen-bond acceptors (Lipinski definition) is 4. The minimum atomic E-state index is -0.508. The van der Waals surface area contributed by atoms with E-state index in [-0.39, 0.29) is 12.5 Å². The number of carbonyl (C=O) groups excluding carboxylic acids is 1. The summed E-state index contributed by atoms with van der Waals surface area (Å²) < 4.78 is 13.8. The number of rotatable bonds is 3. The molecule has 2 aromatic rings. The zero-order valence-corrected chi connectivity index (χ0v) is 12.6. The van der Waals surface area contributed by atoms with E-state index in [1.807, 2.05) is 0 Å². The Kier molecular flexibility index (Phi) is 4.04. The number of halogens is 2. The summed E-state index contributed by atoms with van der Waals surface area (Å²) in [6.07, 6.45) is 3.09. The van der Waals surface area contributed by atoms with E-state index in [0.717, 1.165) is 11.3 Å².